The highest BCUT2D eigenvalue weighted by Gasteiger charge is 2.29. The van der Waals surface area contributed by atoms with Crippen LogP contribution >= 0.6 is 0 Å². The van der Waals surface area contributed by atoms with Crippen LogP contribution in [-0.2, 0) is 10.0 Å². The Hall–Kier alpha value is -3.57. The van der Waals surface area contributed by atoms with Crippen LogP contribution in [0.1, 0.15) is 45.7 Å². The quantitative estimate of drug-likeness (QED) is 0.385. The predicted octanol–water partition coefficient (Wildman–Crippen LogP) is 3.00. The zero-order valence-electron chi connectivity index (χ0n) is 19.1. The molecule has 4 aromatic rings. The first-order valence-corrected chi connectivity index (χ1v) is 12.3. The highest BCUT2D eigenvalue weighted by Crippen LogP contribution is 2.27. The Morgan fingerprint density at radius 3 is 2.38 bits per heavy atom. The van der Waals surface area contributed by atoms with Gasteiger partial charge in [-0.3, -0.25) is 14.2 Å². The molecule has 2 aromatic heterocycles. The Bertz CT molecular complexity index is 1550. The summed E-state index contributed by atoms with van der Waals surface area (Å²) in [6.07, 6.45) is 0. The first-order valence-electron chi connectivity index (χ1n) is 10.8. The number of H-pyrrole nitrogens is 1. The lowest BCUT2D eigenvalue weighted by Gasteiger charge is -2.18. The average Bonchev–Trinajstić information content (AvgIpc) is 3.28. The van der Waals surface area contributed by atoms with Gasteiger partial charge in [0.05, 0.1) is 15.9 Å². The molecule has 0 saturated carbocycles. The number of sulfonamides is 1. The molecule has 0 aliphatic rings. The number of benzene rings is 2. The van der Waals surface area contributed by atoms with Crippen molar-refractivity contribution in [2.24, 2.45) is 5.92 Å². The van der Waals surface area contributed by atoms with Crippen molar-refractivity contribution < 1.29 is 12.9 Å². The van der Waals surface area contributed by atoms with E-state index in [1.54, 1.807) is 36.4 Å². The first kappa shape index (κ1) is 23.6. The Morgan fingerprint density at radius 2 is 1.74 bits per heavy atom. The average molecular weight is 484 g/mol. The van der Waals surface area contributed by atoms with Crippen molar-refractivity contribution in [3.05, 3.63) is 75.1 Å². The molecule has 0 fully saturated rings. The van der Waals surface area contributed by atoms with Crippen molar-refractivity contribution in [1.29, 1.82) is 0 Å². The van der Waals surface area contributed by atoms with E-state index in [2.05, 4.69) is 19.8 Å². The number of fused-ring (bicyclic) bond motifs is 1. The van der Waals surface area contributed by atoms with Gasteiger partial charge in [0, 0.05) is 11.6 Å². The molecule has 1 atom stereocenters. The number of hydrogen-bond acceptors (Lipinski definition) is 7. The summed E-state index contributed by atoms with van der Waals surface area (Å²) in [5.74, 6) is 0.162. The first-order chi connectivity index (χ1) is 16.1. The summed E-state index contributed by atoms with van der Waals surface area (Å²) in [6.45, 7) is 7.33. The van der Waals surface area contributed by atoms with Crippen LogP contribution in [0, 0.1) is 5.92 Å². The molecule has 0 amide bonds. The van der Waals surface area contributed by atoms with Gasteiger partial charge in [-0.1, -0.05) is 37.2 Å². The molecular formula is C23H25N5O5S. The normalized spacial score (nSPS) is 13.1. The van der Waals surface area contributed by atoms with Crippen molar-refractivity contribution >= 4 is 21.1 Å². The maximum absolute atomic E-state index is 12.8. The lowest BCUT2D eigenvalue weighted by molar-refractivity contribution is 0.311. The van der Waals surface area contributed by atoms with Crippen molar-refractivity contribution in [3.63, 3.8) is 0 Å². The van der Waals surface area contributed by atoms with E-state index >= 15 is 0 Å². The van der Waals surface area contributed by atoms with Gasteiger partial charge in [-0.2, -0.15) is 9.71 Å². The number of rotatable bonds is 7. The van der Waals surface area contributed by atoms with E-state index in [1.807, 2.05) is 27.7 Å². The predicted molar refractivity (Wildman–Crippen MR) is 127 cm³/mol. The summed E-state index contributed by atoms with van der Waals surface area (Å²) in [5.41, 5.74) is 0.223. The largest absolute Gasteiger partial charge is 0.337 e. The SMILES string of the molecule is CC(C)[C@@H](NS(=O)(=O)c1ccccc1)c1nc(-c2ccc3c(c2)[nH]c(=O)c(=O)n3C(C)C)no1. The van der Waals surface area contributed by atoms with E-state index in [1.165, 1.54) is 16.7 Å². The molecule has 2 aromatic carbocycles. The molecule has 11 heteroatoms. The fraction of sp³-hybridized carbons (Fsp3) is 0.304. The van der Waals surface area contributed by atoms with Gasteiger partial charge in [0.15, 0.2) is 0 Å². The number of nitrogens with zero attached hydrogens (tertiary/aromatic N) is 3. The molecule has 0 spiro atoms. The Morgan fingerprint density at radius 1 is 1.03 bits per heavy atom. The van der Waals surface area contributed by atoms with Crippen molar-refractivity contribution in [3.8, 4) is 11.4 Å². The molecule has 0 aliphatic carbocycles. The van der Waals surface area contributed by atoms with Crippen LogP contribution in [0.15, 0.2) is 67.5 Å². The second-order valence-electron chi connectivity index (χ2n) is 8.57. The zero-order chi connectivity index (χ0) is 24.6. The van der Waals surface area contributed by atoms with Crippen LogP contribution in [0.5, 0.6) is 0 Å². The van der Waals surface area contributed by atoms with E-state index in [0.717, 1.165) is 0 Å². The van der Waals surface area contributed by atoms with Crippen LogP contribution in [0.2, 0.25) is 0 Å². The lowest BCUT2D eigenvalue weighted by atomic mass is 10.1. The maximum atomic E-state index is 12.8. The number of aromatic amines is 1. The molecule has 0 aliphatic heterocycles. The van der Waals surface area contributed by atoms with E-state index in [0.29, 0.717) is 16.6 Å². The zero-order valence-corrected chi connectivity index (χ0v) is 20.0. The summed E-state index contributed by atoms with van der Waals surface area (Å²) in [7, 11) is -3.81. The minimum Gasteiger partial charge on any atom is -0.337 e. The van der Waals surface area contributed by atoms with Crippen molar-refractivity contribution in [1.82, 2.24) is 24.4 Å². The van der Waals surface area contributed by atoms with Crippen molar-refractivity contribution in [2.45, 2.75) is 44.7 Å². The molecule has 0 radical (unpaired) electrons. The molecule has 4 rings (SSSR count). The van der Waals surface area contributed by atoms with Crippen LogP contribution in [0.4, 0.5) is 0 Å². The van der Waals surface area contributed by atoms with Gasteiger partial charge in [-0.05, 0) is 50.1 Å². The third kappa shape index (κ3) is 4.44. The molecule has 0 bridgehead atoms. The van der Waals surface area contributed by atoms with Gasteiger partial charge in [0.1, 0.15) is 6.04 Å². The summed E-state index contributed by atoms with van der Waals surface area (Å²) in [5, 5.41) is 4.02. The van der Waals surface area contributed by atoms with E-state index in [9.17, 15) is 18.0 Å². The molecule has 178 valence electrons. The second kappa shape index (κ2) is 8.99. The van der Waals surface area contributed by atoms with Gasteiger partial charge in [-0.25, -0.2) is 8.42 Å². The molecule has 0 saturated heterocycles. The molecule has 2 heterocycles. The summed E-state index contributed by atoms with van der Waals surface area (Å²) in [6, 6.07) is 12.2. The summed E-state index contributed by atoms with van der Waals surface area (Å²) in [4.78, 5) is 31.5. The van der Waals surface area contributed by atoms with Crippen LogP contribution in [0.25, 0.3) is 22.4 Å². The minimum absolute atomic E-state index is 0.116. The standard InChI is InChI=1S/C23H25N5O5S/c1-13(2)19(27-34(31,32)16-8-6-5-7-9-16)22-25-20(26-33-22)15-10-11-18-17(12-15)24-21(29)23(30)28(18)14(3)4/h5-14,19,27H,1-4H3,(H,24,29)/t19-/m1/s1. The Balaban J connectivity index is 1.71. The minimum atomic E-state index is -3.81. The van der Waals surface area contributed by atoms with E-state index in [-0.39, 0.29) is 28.6 Å². The number of hydrogen-bond donors (Lipinski definition) is 2. The van der Waals surface area contributed by atoms with Crippen LogP contribution in [0.3, 0.4) is 0 Å². The maximum Gasteiger partial charge on any atom is 0.316 e. The highest BCUT2D eigenvalue weighted by atomic mass is 32.2. The number of aromatic nitrogens is 4. The van der Waals surface area contributed by atoms with Crippen molar-refractivity contribution in [2.75, 3.05) is 0 Å². The summed E-state index contributed by atoms with van der Waals surface area (Å²) < 4.78 is 35.1. The van der Waals surface area contributed by atoms with Gasteiger partial charge in [-0.15, -0.1) is 0 Å². The Labute approximate surface area is 195 Å². The van der Waals surface area contributed by atoms with Crippen LogP contribution < -0.4 is 15.8 Å². The summed E-state index contributed by atoms with van der Waals surface area (Å²) >= 11 is 0. The van der Waals surface area contributed by atoms with E-state index < -0.39 is 27.2 Å². The monoisotopic (exact) mass is 483 g/mol. The number of nitrogens with one attached hydrogen (secondary N) is 2. The topological polar surface area (TPSA) is 140 Å². The molecule has 34 heavy (non-hydrogen) atoms. The highest BCUT2D eigenvalue weighted by molar-refractivity contribution is 7.89. The smallest absolute Gasteiger partial charge is 0.316 e. The van der Waals surface area contributed by atoms with Gasteiger partial charge < -0.3 is 9.51 Å². The third-order valence-electron chi connectivity index (χ3n) is 5.40. The molecular weight excluding hydrogens is 458 g/mol. The molecule has 0 unspecified atom stereocenters. The van der Waals surface area contributed by atoms with Crippen LogP contribution in [-0.4, -0.2) is 28.1 Å². The van der Waals surface area contributed by atoms with Gasteiger partial charge in [0.2, 0.25) is 21.7 Å². The fourth-order valence-corrected chi connectivity index (χ4v) is 5.04. The van der Waals surface area contributed by atoms with E-state index in [4.69, 9.17) is 4.52 Å². The fourth-order valence-electron chi connectivity index (χ4n) is 3.68. The second-order valence-corrected chi connectivity index (χ2v) is 10.3. The Kier molecular flexibility index (Phi) is 6.24. The molecule has 10 nitrogen and oxygen atoms in total. The van der Waals surface area contributed by atoms with Gasteiger partial charge >= 0.3 is 11.1 Å². The third-order valence-corrected chi connectivity index (χ3v) is 6.86. The molecule has 2 N–H and O–H groups in total. The van der Waals surface area contributed by atoms with Gasteiger partial charge in [0.25, 0.3) is 0 Å². The lowest BCUT2D eigenvalue weighted by Crippen LogP contribution is -2.37.